The van der Waals surface area contributed by atoms with Crippen molar-refractivity contribution in [3.05, 3.63) is 0 Å². The van der Waals surface area contributed by atoms with Crippen molar-refractivity contribution in [2.45, 2.75) is 70.3 Å². The second-order valence-electron chi connectivity index (χ2n) is 4.62. The van der Waals surface area contributed by atoms with Gasteiger partial charge in [0.25, 0.3) is 0 Å². The van der Waals surface area contributed by atoms with Gasteiger partial charge in [-0.2, -0.15) is 0 Å². The summed E-state index contributed by atoms with van der Waals surface area (Å²) in [6, 6.07) is 0. The molecule has 1 heterocycles. The molecule has 90 valence electrons. The van der Waals surface area contributed by atoms with Crippen molar-refractivity contribution in [1.82, 2.24) is 0 Å². The van der Waals surface area contributed by atoms with E-state index in [4.69, 9.17) is 9.84 Å². The molecule has 1 aliphatic rings. The van der Waals surface area contributed by atoms with Gasteiger partial charge < -0.3 is 9.84 Å². The molecule has 0 radical (unpaired) electrons. The molecule has 2 heteroatoms. The van der Waals surface area contributed by atoms with Crippen LogP contribution in [0.2, 0.25) is 0 Å². The zero-order valence-corrected chi connectivity index (χ0v) is 9.92. The fourth-order valence-corrected chi connectivity index (χ4v) is 2.24. The van der Waals surface area contributed by atoms with Crippen LogP contribution in [0.5, 0.6) is 0 Å². The fraction of sp³-hybridized carbons (Fsp3) is 1.00. The van der Waals surface area contributed by atoms with E-state index in [1.54, 1.807) is 0 Å². The van der Waals surface area contributed by atoms with Crippen LogP contribution in [-0.4, -0.2) is 24.4 Å². The Morgan fingerprint density at radius 2 is 1.60 bits per heavy atom. The Kier molecular flexibility index (Phi) is 7.94. The molecule has 0 aromatic rings. The maximum atomic E-state index is 8.61. The Bertz CT molecular complexity index is 130. The zero-order chi connectivity index (χ0) is 10.8. The molecule has 0 saturated carbocycles. The Morgan fingerprint density at radius 1 is 0.933 bits per heavy atom. The second-order valence-corrected chi connectivity index (χ2v) is 4.62. The van der Waals surface area contributed by atoms with Gasteiger partial charge in [-0.05, 0) is 25.7 Å². The van der Waals surface area contributed by atoms with E-state index in [9.17, 15) is 0 Å². The lowest BCUT2D eigenvalue weighted by Crippen LogP contribution is -2.03. The number of ether oxygens (including phenoxy) is 1. The van der Waals surface area contributed by atoms with Gasteiger partial charge in [0.1, 0.15) is 0 Å². The quantitative estimate of drug-likeness (QED) is 0.597. The molecule has 1 rings (SSSR count). The third-order valence-corrected chi connectivity index (χ3v) is 3.21. The van der Waals surface area contributed by atoms with Crippen LogP contribution in [0.15, 0.2) is 0 Å². The molecule has 1 atom stereocenters. The summed E-state index contributed by atoms with van der Waals surface area (Å²) < 4.78 is 5.58. The Hall–Kier alpha value is -0.0800. The predicted molar refractivity (Wildman–Crippen MR) is 63.0 cm³/mol. The molecule has 0 spiro atoms. The molecule has 0 bridgehead atoms. The van der Waals surface area contributed by atoms with Crippen molar-refractivity contribution in [1.29, 1.82) is 0 Å². The summed E-state index contributed by atoms with van der Waals surface area (Å²) in [6.07, 6.45) is 13.3. The van der Waals surface area contributed by atoms with E-state index in [-0.39, 0.29) is 0 Å². The third kappa shape index (κ3) is 6.91. The van der Waals surface area contributed by atoms with Crippen molar-refractivity contribution in [3.63, 3.8) is 0 Å². The van der Waals surface area contributed by atoms with E-state index in [1.807, 2.05) is 0 Å². The highest BCUT2D eigenvalue weighted by molar-refractivity contribution is 4.64. The molecule has 1 unspecified atom stereocenters. The van der Waals surface area contributed by atoms with Crippen molar-refractivity contribution < 1.29 is 9.84 Å². The van der Waals surface area contributed by atoms with Crippen molar-refractivity contribution in [2.75, 3.05) is 13.2 Å². The maximum Gasteiger partial charge on any atom is 0.0576 e. The average molecular weight is 214 g/mol. The molecule has 1 fully saturated rings. The van der Waals surface area contributed by atoms with Gasteiger partial charge in [-0.1, -0.05) is 38.5 Å². The first-order chi connectivity index (χ1) is 7.43. The monoisotopic (exact) mass is 214 g/mol. The number of aliphatic hydroxyl groups is 1. The van der Waals surface area contributed by atoms with E-state index in [2.05, 4.69) is 0 Å². The molecule has 1 N–H and O–H groups in total. The summed E-state index contributed by atoms with van der Waals surface area (Å²) in [7, 11) is 0. The topological polar surface area (TPSA) is 29.5 Å². The lowest BCUT2D eigenvalue weighted by molar-refractivity contribution is 0.102. The van der Waals surface area contributed by atoms with E-state index in [0.29, 0.717) is 12.7 Å². The molecule has 0 amide bonds. The second kappa shape index (κ2) is 9.17. The fourth-order valence-electron chi connectivity index (χ4n) is 2.24. The van der Waals surface area contributed by atoms with E-state index < -0.39 is 0 Å². The predicted octanol–water partition coefficient (Wildman–Crippen LogP) is 3.28. The summed E-state index contributed by atoms with van der Waals surface area (Å²) >= 11 is 0. The number of aliphatic hydroxyl groups excluding tert-OH is 1. The van der Waals surface area contributed by atoms with Gasteiger partial charge in [0.2, 0.25) is 0 Å². The lowest BCUT2D eigenvalue weighted by Gasteiger charge is -2.08. The minimum atomic E-state index is 0.360. The van der Waals surface area contributed by atoms with Gasteiger partial charge in [-0.15, -0.1) is 0 Å². The van der Waals surface area contributed by atoms with Crippen LogP contribution < -0.4 is 0 Å². The molecule has 15 heavy (non-hydrogen) atoms. The summed E-state index contributed by atoms with van der Waals surface area (Å²) in [6.45, 7) is 1.35. The van der Waals surface area contributed by atoms with Gasteiger partial charge in [-0.3, -0.25) is 0 Å². The van der Waals surface area contributed by atoms with Gasteiger partial charge in [0.15, 0.2) is 0 Å². The lowest BCUT2D eigenvalue weighted by atomic mass is 10.1. The van der Waals surface area contributed by atoms with Gasteiger partial charge >= 0.3 is 0 Å². The van der Waals surface area contributed by atoms with Crippen LogP contribution >= 0.6 is 0 Å². The Labute approximate surface area is 94.0 Å². The van der Waals surface area contributed by atoms with Crippen LogP contribution in [-0.2, 0) is 4.74 Å². The summed E-state index contributed by atoms with van der Waals surface area (Å²) in [5.41, 5.74) is 0. The smallest absolute Gasteiger partial charge is 0.0576 e. The van der Waals surface area contributed by atoms with Gasteiger partial charge in [-0.25, -0.2) is 0 Å². The first-order valence-corrected chi connectivity index (χ1v) is 6.66. The highest BCUT2D eigenvalue weighted by Gasteiger charge is 2.13. The van der Waals surface area contributed by atoms with Crippen LogP contribution in [0.4, 0.5) is 0 Å². The largest absolute Gasteiger partial charge is 0.396 e. The van der Waals surface area contributed by atoms with E-state index in [0.717, 1.165) is 13.0 Å². The van der Waals surface area contributed by atoms with Crippen LogP contribution in [0, 0.1) is 0 Å². The molecule has 2 nitrogen and oxygen atoms in total. The number of rotatable bonds is 9. The van der Waals surface area contributed by atoms with Crippen molar-refractivity contribution in [3.8, 4) is 0 Å². The molecule has 0 aromatic carbocycles. The highest BCUT2D eigenvalue weighted by Crippen LogP contribution is 2.18. The maximum absolute atomic E-state index is 8.61. The van der Waals surface area contributed by atoms with Gasteiger partial charge in [0, 0.05) is 13.2 Å². The normalized spacial score (nSPS) is 21.0. The first-order valence-electron chi connectivity index (χ1n) is 6.66. The summed E-state index contributed by atoms with van der Waals surface area (Å²) in [5.74, 6) is 0. The number of hydrogen-bond acceptors (Lipinski definition) is 2. The van der Waals surface area contributed by atoms with E-state index >= 15 is 0 Å². The number of unbranched alkanes of at least 4 members (excludes halogenated alkanes) is 6. The molecule has 0 aromatic heterocycles. The van der Waals surface area contributed by atoms with Crippen molar-refractivity contribution >= 4 is 0 Å². The summed E-state index contributed by atoms with van der Waals surface area (Å²) in [5, 5.41) is 8.61. The minimum absolute atomic E-state index is 0.360. The third-order valence-electron chi connectivity index (χ3n) is 3.21. The molecule has 1 saturated heterocycles. The van der Waals surface area contributed by atoms with Crippen LogP contribution in [0.3, 0.4) is 0 Å². The van der Waals surface area contributed by atoms with Crippen LogP contribution in [0.1, 0.15) is 64.2 Å². The highest BCUT2D eigenvalue weighted by atomic mass is 16.5. The standard InChI is InChI=1S/C13H26O2/c14-11-7-5-3-1-2-4-6-9-13-10-8-12-15-13/h13-14H,1-12H2. The summed E-state index contributed by atoms with van der Waals surface area (Å²) in [4.78, 5) is 0. The molecule has 1 aliphatic heterocycles. The zero-order valence-electron chi connectivity index (χ0n) is 9.92. The Balaban J connectivity index is 1.73. The minimum Gasteiger partial charge on any atom is -0.396 e. The number of hydrogen-bond donors (Lipinski definition) is 1. The average Bonchev–Trinajstić information content (AvgIpc) is 2.75. The first kappa shape index (κ1) is 13.0. The van der Waals surface area contributed by atoms with Crippen LogP contribution in [0.25, 0.3) is 0 Å². The van der Waals surface area contributed by atoms with Gasteiger partial charge in [0.05, 0.1) is 6.10 Å². The Morgan fingerprint density at radius 3 is 2.20 bits per heavy atom. The molecule has 0 aliphatic carbocycles. The van der Waals surface area contributed by atoms with E-state index in [1.165, 1.54) is 57.8 Å². The molecular weight excluding hydrogens is 188 g/mol. The SMILES string of the molecule is OCCCCCCCCCC1CCCO1. The molecular formula is C13H26O2. The van der Waals surface area contributed by atoms with Crippen molar-refractivity contribution in [2.24, 2.45) is 0 Å².